The van der Waals surface area contributed by atoms with E-state index in [2.05, 4.69) is 36.6 Å². The Morgan fingerprint density at radius 1 is 1.00 bits per heavy atom. The summed E-state index contributed by atoms with van der Waals surface area (Å²) in [7, 11) is 0. The van der Waals surface area contributed by atoms with Crippen LogP contribution < -0.4 is 0 Å². The molecular weight excluding hydrogens is 422 g/mol. The summed E-state index contributed by atoms with van der Waals surface area (Å²) in [5, 5.41) is 15.3. The number of aromatic amines is 2. The molecule has 8 heteroatoms. The zero-order valence-electron chi connectivity index (χ0n) is 17.6. The summed E-state index contributed by atoms with van der Waals surface area (Å²) in [6, 6.07) is 19.9. The molecule has 0 saturated heterocycles. The van der Waals surface area contributed by atoms with Gasteiger partial charge >= 0.3 is 0 Å². The molecule has 6 nitrogen and oxygen atoms in total. The highest BCUT2D eigenvalue weighted by molar-refractivity contribution is 5.85. The molecule has 3 aromatic carbocycles. The van der Waals surface area contributed by atoms with Crippen LogP contribution in [0, 0.1) is 11.6 Å². The van der Waals surface area contributed by atoms with Crippen LogP contribution in [0.5, 0.6) is 0 Å². The Hall–Kier alpha value is -3.91. The molecule has 0 aliphatic carbocycles. The van der Waals surface area contributed by atoms with Gasteiger partial charge in [-0.05, 0) is 41.0 Å². The monoisotopic (exact) mass is 442 g/mol. The lowest BCUT2D eigenvalue weighted by Crippen LogP contribution is -2.36. The quantitative estimate of drug-likeness (QED) is 0.420. The van der Waals surface area contributed by atoms with E-state index >= 15 is 4.39 Å². The minimum absolute atomic E-state index is 0.330. The highest BCUT2D eigenvalue weighted by Crippen LogP contribution is 2.40. The molecule has 2 aromatic heterocycles. The normalized spacial score (nSPS) is 16.2. The van der Waals surface area contributed by atoms with E-state index in [9.17, 15) is 4.39 Å². The van der Waals surface area contributed by atoms with E-state index in [0.29, 0.717) is 24.5 Å². The summed E-state index contributed by atoms with van der Waals surface area (Å²) < 4.78 is 29.3. The fourth-order valence-corrected chi connectivity index (χ4v) is 4.87. The van der Waals surface area contributed by atoms with Crippen molar-refractivity contribution in [1.29, 1.82) is 0 Å². The van der Waals surface area contributed by atoms with E-state index < -0.39 is 17.7 Å². The third kappa shape index (κ3) is 3.39. The minimum atomic E-state index is -0.838. The molecule has 3 heterocycles. The van der Waals surface area contributed by atoms with E-state index in [0.717, 1.165) is 45.8 Å². The van der Waals surface area contributed by atoms with Crippen LogP contribution in [-0.2, 0) is 13.0 Å². The van der Waals surface area contributed by atoms with Crippen LogP contribution in [0.2, 0.25) is 0 Å². The van der Waals surface area contributed by atoms with Crippen LogP contribution in [0.3, 0.4) is 0 Å². The molecule has 1 unspecified atom stereocenters. The van der Waals surface area contributed by atoms with Gasteiger partial charge in [0.25, 0.3) is 0 Å². The zero-order chi connectivity index (χ0) is 22.4. The molecule has 0 spiro atoms. The SMILES string of the molecule is Fc1cccc(C2c3[nH]c4ccccc4c3CCN2Cc2cccc(-c3nn[nH]n3)c2)c1F. The van der Waals surface area contributed by atoms with Crippen LogP contribution in [0.25, 0.3) is 22.3 Å². The largest absolute Gasteiger partial charge is 0.357 e. The zero-order valence-corrected chi connectivity index (χ0v) is 17.6. The van der Waals surface area contributed by atoms with Gasteiger partial charge in [0.15, 0.2) is 11.6 Å². The molecule has 0 bridgehead atoms. The number of aromatic nitrogens is 5. The molecule has 5 aromatic rings. The Balaban J connectivity index is 1.45. The fraction of sp³-hybridized carbons (Fsp3) is 0.160. The maximum atomic E-state index is 15.1. The second-order valence-corrected chi connectivity index (χ2v) is 8.26. The molecule has 1 aliphatic heterocycles. The smallest absolute Gasteiger partial charge is 0.204 e. The van der Waals surface area contributed by atoms with Gasteiger partial charge in [-0.3, -0.25) is 4.90 Å². The third-order valence-electron chi connectivity index (χ3n) is 6.33. The number of rotatable bonds is 4. The molecule has 0 amide bonds. The molecule has 1 atom stereocenters. The number of hydrogen-bond acceptors (Lipinski definition) is 4. The Labute approximate surface area is 188 Å². The highest BCUT2D eigenvalue weighted by Gasteiger charge is 2.34. The Morgan fingerprint density at radius 3 is 2.76 bits per heavy atom. The van der Waals surface area contributed by atoms with Gasteiger partial charge in [0.05, 0.1) is 6.04 Å². The lowest BCUT2D eigenvalue weighted by atomic mass is 9.91. The Morgan fingerprint density at radius 2 is 1.88 bits per heavy atom. The number of H-pyrrole nitrogens is 2. The maximum absolute atomic E-state index is 15.1. The average molecular weight is 442 g/mol. The van der Waals surface area contributed by atoms with Crippen LogP contribution in [0.4, 0.5) is 8.78 Å². The highest BCUT2D eigenvalue weighted by atomic mass is 19.2. The van der Waals surface area contributed by atoms with Crippen LogP contribution in [-0.4, -0.2) is 37.1 Å². The van der Waals surface area contributed by atoms with Crippen molar-refractivity contribution in [3.63, 3.8) is 0 Å². The molecule has 1 aliphatic rings. The number of fused-ring (bicyclic) bond motifs is 3. The molecular formula is C25H20F2N6. The van der Waals surface area contributed by atoms with Crippen molar-refractivity contribution in [2.75, 3.05) is 6.54 Å². The lowest BCUT2D eigenvalue weighted by Gasteiger charge is -2.36. The van der Waals surface area contributed by atoms with Crippen LogP contribution in [0.15, 0.2) is 66.7 Å². The number of nitrogens with one attached hydrogen (secondary N) is 2. The summed E-state index contributed by atoms with van der Waals surface area (Å²) in [5.74, 6) is -1.13. The van der Waals surface area contributed by atoms with Crippen molar-refractivity contribution >= 4 is 10.9 Å². The summed E-state index contributed by atoms with van der Waals surface area (Å²) in [4.78, 5) is 5.68. The first-order chi connectivity index (χ1) is 16.2. The van der Waals surface area contributed by atoms with Gasteiger partial charge in [-0.15, -0.1) is 10.2 Å². The standard InChI is InChI=1S/C25H20F2N6/c26-20-9-4-8-19(22(20)27)24-23-18(17-7-1-2-10-21(17)28-23)11-12-33(24)14-15-5-3-6-16(13-15)25-29-31-32-30-25/h1-10,13,24,28H,11-12,14H2,(H,29,30,31,32). The Kier molecular flexibility index (Phi) is 4.73. The molecule has 0 saturated carbocycles. The van der Waals surface area contributed by atoms with Crippen molar-refractivity contribution in [2.45, 2.75) is 19.0 Å². The number of hydrogen-bond donors (Lipinski definition) is 2. The van der Waals surface area contributed by atoms with E-state index in [1.54, 1.807) is 12.1 Å². The van der Waals surface area contributed by atoms with Crippen molar-refractivity contribution in [3.8, 4) is 11.4 Å². The predicted octanol–water partition coefficient (Wildman–Crippen LogP) is 4.77. The second kappa shape index (κ2) is 7.90. The van der Waals surface area contributed by atoms with Crippen molar-refractivity contribution in [2.24, 2.45) is 0 Å². The number of halogens is 2. The topological polar surface area (TPSA) is 73.5 Å². The number of para-hydroxylation sites is 1. The van der Waals surface area contributed by atoms with E-state index in [1.807, 2.05) is 42.5 Å². The number of benzene rings is 3. The van der Waals surface area contributed by atoms with E-state index in [4.69, 9.17) is 0 Å². The van der Waals surface area contributed by atoms with Gasteiger partial charge in [0.1, 0.15) is 0 Å². The average Bonchev–Trinajstić information content (AvgIpc) is 3.50. The second-order valence-electron chi connectivity index (χ2n) is 8.26. The predicted molar refractivity (Wildman–Crippen MR) is 120 cm³/mol. The first kappa shape index (κ1) is 19.8. The van der Waals surface area contributed by atoms with E-state index in [1.165, 1.54) is 0 Å². The molecule has 164 valence electrons. The van der Waals surface area contributed by atoms with Gasteiger partial charge < -0.3 is 4.98 Å². The minimum Gasteiger partial charge on any atom is -0.357 e. The molecule has 6 rings (SSSR count). The van der Waals surface area contributed by atoms with Crippen molar-refractivity contribution in [1.82, 2.24) is 30.5 Å². The summed E-state index contributed by atoms with van der Waals surface area (Å²) in [6.07, 6.45) is 0.817. The van der Waals surface area contributed by atoms with E-state index in [-0.39, 0.29) is 0 Å². The van der Waals surface area contributed by atoms with Crippen LogP contribution in [0.1, 0.15) is 28.4 Å². The maximum Gasteiger partial charge on any atom is 0.204 e. The fourth-order valence-electron chi connectivity index (χ4n) is 4.87. The molecule has 33 heavy (non-hydrogen) atoms. The van der Waals surface area contributed by atoms with Gasteiger partial charge in [-0.1, -0.05) is 48.5 Å². The first-order valence-electron chi connectivity index (χ1n) is 10.8. The summed E-state index contributed by atoms with van der Waals surface area (Å²) in [5.41, 5.74) is 5.29. The molecule has 0 radical (unpaired) electrons. The van der Waals surface area contributed by atoms with Gasteiger partial charge in [-0.2, -0.15) is 5.21 Å². The lowest BCUT2D eigenvalue weighted by molar-refractivity contribution is 0.197. The molecule has 0 fully saturated rings. The van der Waals surface area contributed by atoms with Gasteiger partial charge in [0.2, 0.25) is 5.82 Å². The third-order valence-corrected chi connectivity index (χ3v) is 6.33. The first-order valence-corrected chi connectivity index (χ1v) is 10.8. The summed E-state index contributed by atoms with van der Waals surface area (Å²) in [6.45, 7) is 1.27. The van der Waals surface area contributed by atoms with Gasteiger partial charge in [0, 0.05) is 40.8 Å². The van der Waals surface area contributed by atoms with Crippen molar-refractivity contribution in [3.05, 3.63) is 101 Å². The van der Waals surface area contributed by atoms with Crippen molar-refractivity contribution < 1.29 is 8.78 Å². The number of tetrazole rings is 1. The number of nitrogens with zero attached hydrogens (tertiary/aromatic N) is 4. The Bertz CT molecular complexity index is 1440. The van der Waals surface area contributed by atoms with Gasteiger partial charge in [-0.25, -0.2) is 8.78 Å². The molecule has 2 N–H and O–H groups in total. The summed E-state index contributed by atoms with van der Waals surface area (Å²) >= 11 is 0. The van der Waals surface area contributed by atoms with Crippen LogP contribution >= 0.6 is 0 Å².